The number of carbonyl (C=O) groups is 1. The second-order valence-corrected chi connectivity index (χ2v) is 7.24. The summed E-state index contributed by atoms with van der Waals surface area (Å²) in [5.74, 6) is 0.829. The van der Waals surface area contributed by atoms with E-state index in [1.165, 1.54) is 12.1 Å². The standard InChI is InChI=1S/C24H22N2O5/c1-30-21-14-17-12-13-25(24(27)18-10-6-7-11-20(18)26(28)29)23(16-8-4-3-5-9-16)19(17)15-22(21)31-2/h3-11,14-15,23H,12-13H2,1-2H3. The third-order valence-corrected chi connectivity index (χ3v) is 5.58. The average Bonchev–Trinajstić information content (AvgIpc) is 2.82. The fraction of sp³-hybridized carbons (Fsp3) is 0.208. The summed E-state index contributed by atoms with van der Waals surface area (Å²) in [5, 5.41) is 11.5. The van der Waals surface area contributed by atoms with Gasteiger partial charge in [-0.25, -0.2) is 0 Å². The summed E-state index contributed by atoms with van der Waals surface area (Å²) in [6.45, 7) is 0.424. The van der Waals surface area contributed by atoms with Crippen molar-refractivity contribution in [2.45, 2.75) is 12.5 Å². The summed E-state index contributed by atoms with van der Waals surface area (Å²) in [7, 11) is 3.16. The Labute approximate surface area is 180 Å². The molecule has 158 valence electrons. The predicted molar refractivity (Wildman–Crippen MR) is 116 cm³/mol. The van der Waals surface area contributed by atoms with Crippen molar-refractivity contribution in [2.75, 3.05) is 20.8 Å². The zero-order valence-electron chi connectivity index (χ0n) is 17.3. The van der Waals surface area contributed by atoms with Crippen LogP contribution in [0, 0.1) is 10.1 Å². The van der Waals surface area contributed by atoms with Gasteiger partial charge in [0, 0.05) is 12.6 Å². The third kappa shape index (κ3) is 3.70. The lowest BCUT2D eigenvalue weighted by Gasteiger charge is -2.38. The summed E-state index contributed by atoms with van der Waals surface area (Å²) < 4.78 is 10.9. The highest BCUT2D eigenvalue weighted by atomic mass is 16.6. The van der Waals surface area contributed by atoms with E-state index < -0.39 is 11.0 Å². The van der Waals surface area contributed by atoms with Crippen molar-refractivity contribution >= 4 is 11.6 Å². The first-order chi connectivity index (χ1) is 15.0. The Hall–Kier alpha value is -3.87. The topological polar surface area (TPSA) is 81.9 Å². The Morgan fingerprint density at radius 3 is 2.32 bits per heavy atom. The Bertz CT molecular complexity index is 1130. The van der Waals surface area contributed by atoms with Gasteiger partial charge in [0.1, 0.15) is 5.56 Å². The molecule has 0 fully saturated rings. The van der Waals surface area contributed by atoms with E-state index >= 15 is 0 Å². The number of nitro benzene ring substituents is 1. The number of amides is 1. The Balaban J connectivity index is 1.86. The first-order valence-electron chi connectivity index (χ1n) is 9.89. The van der Waals surface area contributed by atoms with Gasteiger partial charge in [0.05, 0.1) is 25.2 Å². The van der Waals surface area contributed by atoms with E-state index in [0.717, 1.165) is 16.7 Å². The normalized spacial score (nSPS) is 15.2. The molecule has 1 heterocycles. The van der Waals surface area contributed by atoms with Crippen molar-refractivity contribution < 1.29 is 19.2 Å². The quantitative estimate of drug-likeness (QED) is 0.453. The second-order valence-electron chi connectivity index (χ2n) is 7.24. The van der Waals surface area contributed by atoms with Crippen molar-refractivity contribution in [1.29, 1.82) is 0 Å². The van der Waals surface area contributed by atoms with Crippen molar-refractivity contribution in [2.24, 2.45) is 0 Å². The summed E-state index contributed by atoms with van der Waals surface area (Å²) in [4.78, 5) is 26.3. The molecule has 0 spiro atoms. The number of benzene rings is 3. The minimum Gasteiger partial charge on any atom is -0.493 e. The fourth-order valence-corrected chi connectivity index (χ4v) is 4.13. The molecule has 4 rings (SSSR count). The van der Waals surface area contributed by atoms with Gasteiger partial charge in [-0.1, -0.05) is 42.5 Å². The van der Waals surface area contributed by atoms with Gasteiger partial charge in [0.15, 0.2) is 11.5 Å². The first-order valence-corrected chi connectivity index (χ1v) is 9.89. The molecule has 0 aliphatic carbocycles. The maximum atomic E-state index is 13.6. The van der Waals surface area contributed by atoms with Crippen LogP contribution in [0.15, 0.2) is 66.7 Å². The molecular weight excluding hydrogens is 396 g/mol. The van der Waals surface area contributed by atoms with Gasteiger partial charge in [0.2, 0.25) is 0 Å². The molecule has 1 unspecified atom stereocenters. The Morgan fingerprint density at radius 1 is 1.00 bits per heavy atom. The second kappa shape index (κ2) is 8.47. The summed E-state index contributed by atoms with van der Waals surface area (Å²) in [6.07, 6.45) is 0.603. The molecule has 7 nitrogen and oxygen atoms in total. The molecule has 1 aliphatic rings. The first kappa shape index (κ1) is 20.4. The maximum Gasteiger partial charge on any atom is 0.282 e. The molecule has 3 aromatic rings. The molecule has 0 bridgehead atoms. The fourth-order valence-electron chi connectivity index (χ4n) is 4.13. The van der Waals surface area contributed by atoms with Crippen molar-refractivity contribution in [1.82, 2.24) is 4.90 Å². The monoisotopic (exact) mass is 418 g/mol. The maximum absolute atomic E-state index is 13.6. The number of methoxy groups -OCH3 is 2. The lowest BCUT2D eigenvalue weighted by Crippen LogP contribution is -2.40. The molecule has 1 atom stereocenters. The van der Waals surface area contributed by atoms with Crippen LogP contribution in [0.1, 0.15) is 33.1 Å². The van der Waals surface area contributed by atoms with Crippen LogP contribution >= 0.6 is 0 Å². The van der Waals surface area contributed by atoms with E-state index in [4.69, 9.17) is 9.47 Å². The van der Waals surface area contributed by atoms with Crippen LogP contribution in [0.25, 0.3) is 0 Å². The SMILES string of the molecule is COc1cc2c(cc1OC)C(c1ccccc1)N(C(=O)c1ccccc1[N+](=O)[O-])CC2. The van der Waals surface area contributed by atoms with E-state index in [0.29, 0.717) is 24.5 Å². The number of hydrogen-bond acceptors (Lipinski definition) is 5. The van der Waals surface area contributed by atoms with E-state index in [1.807, 2.05) is 42.5 Å². The zero-order valence-corrected chi connectivity index (χ0v) is 17.3. The van der Waals surface area contributed by atoms with E-state index in [2.05, 4.69) is 0 Å². The molecule has 1 aliphatic heterocycles. The van der Waals surface area contributed by atoms with Gasteiger partial charge in [0.25, 0.3) is 11.6 Å². The van der Waals surface area contributed by atoms with E-state index in [1.54, 1.807) is 31.3 Å². The smallest absolute Gasteiger partial charge is 0.282 e. The van der Waals surface area contributed by atoms with Gasteiger partial charge in [-0.05, 0) is 41.3 Å². The summed E-state index contributed by atoms with van der Waals surface area (Å²) in [5.41, 5.74) is 2.78. The highest BCUT2D eigenvalue weighted by Crippen LogP contribution is 2.41. The number of fused-ring (bicyclic) bond motifs is 1. The van der Waals surface area contributed by atoms with Crippen molar-refractivity contribution in [3.05, 3.63) is 99.1 Å². The Morgan fingerprint density at radius 2 is 1.65 bits per heavy atom. The van der Waals surface area contributed by atoms with E-state index in [9.17, 15) is 14.9 Å². The van der Waals surface area contributed by atoms with Gasteiger partial charge in [-0.15, -0.1) is 0 Å². The minimum atomic E-state index is -0.517. The van der Waals surface area contributed by atoms with Gasteiger partial charge in [-0.3, -0.25) is 14.9 Å². The summed E-state index contributed by atoms with van der Waals surface area (Å²) in [6, 6.07) is 19.1. The largest absolute Gasteiger partial charge is 0.493 e. The van der Waals surface area contributed by atoms with Crippen LogP contribution in [0.4, 0.5) is 5.69 Å². The molecule has 0 radical (unpaired) electrons. The molecule has 31 heavy (non-hydrogen) atoms. The van der Waals surface area contributed by atoms with Crippen LogP contribution in [0.3, 0.4) is 0 Å². The van der Waals surface area contributed by atoms with Crippen molar-refractivity contribution in [3.63, 3.8) is 0 Å². The molecule has 7 heteroatoms. The highest BCUT2D eigenvalue weighted by Gasteiger charge is 2.35. The number of para-hydroxylation sites is 1. The molecular formula is C24H22N2O5. The van der Waals surface area contributed by atoms with Crippen LogP contribution in [-0.4, -0.2) is 36.5 Å². The molecule has 0 aromatic heterocycles. The molecule has 0 saturated heterocycles. The number of hydrogen-bond donors (Lipinski definition) is 0. The molecule has 3 aromatic carbocycles. The zero-order chi connectivity index (χ0) is 22.0. The van der Waals surface area contributed by atoms with Crippen LogP contribution in [0.2, 0.25) is 0 Å². The van der Waals surface area contributed by atoms with Gasteiger partial charge < -0.3 is 14.4 Å². The minimum absolute atomic E-state index is 0.0809. The Kier molecular flexibility index (Phi) is 5.58. The summed E-state index contributed by atoms with van der Waals surface area (Å²) >= 11 is 0. The van der Waals surface area contributed by atoms with E-state index in [-0.39, 0.29) is 17.2 Å². The number of carbonyl (C=O) groups excluding carboxylic acids is 1. The van der Waals surface area contributed by atoms with Crippen LogP contribution in [0.5, 0.6) is 11.5 Å². The molecule has 1 amide bonds. The number of nitrogens with zero attached hydrogens (tertiary/aromatic N) is 2. The predicted octanol–water partition coefficient (Wildman–Crippen LogP) is 4.40. The molecule has 0 N–H and O–H groups in total. The van der Waals surface area contributed by atoms with Gasteiger partial charge in [-0.2, -0.15) is 0 Å². The molecule has 0 saturated carbocycles. The van der Waals surface area contributed by atoms with Gasteiger partial charge >= 0.3 is 0 Å². The lowest BCUT2D eigenvalue weighted by atomic mass is 9.87. The number of ether oxygens (including phenoxy) is 2. The average molecular weight is 418 g/mol. The highest BCUT2D eigenvalue weighted by molar-refractivity contribution is 5.98. The van der Waals surface area contributed by atoms with Crippen LogP contribution in [-0.2, 0) is 6.42 Å². The number of nitro groups is 1. The van der Waals surface area contributed by atoms with Crippen molar-refractivity contribution in [3.8, 4) is 11.5 Å². The lowest BCUT2D eigenvalue weighted by molar-refractivity contribution is -0.385. The van der Waals surface area contributed by atoms with Crippen LogP contribution < -0.4 is 9.47 Å². The number of rotatable bonds is 5. The third-order valence-electron chi connectivity index (χ3n) is 5.58.